The standard InChI is InChI=1S/C16H24BFO3/c1-15(2)10-17(21-16(15,3)4)14-7-6-13(18)8-12(14)9-20-11-19-5/h6-8H,9-11H2,1-5H3. The monoisotopic (exact) mass is 294 g/mol. The Kier molecular flexibility index (Phi) is 4.76. The van der Waals surface area contributed by atoms with Gasteiger partial charge in [-0.2, -0.15) is 0 Å². The molecule has 0 radical (unpaired) electrons. The number of benzene rings is 1. The molecule has 0 N–H and O–H groups in total. The minimum Gasteiger partial charge on any atom is -0.426 e. The normalized spacial score (nSPS) is 20.0. The van der Waals surface area contributed by atoms with Crippen LogP contribution in [0.5, 0.6) is 0 Å². The number of rotatable bonds is 5. The van der Waals surface area contributed by atoms with E-state index in [0.717, 1.165) is 17.3 Å². The minimum atomic E-state index is -0.258. The van der Waals surface area contributed by atoms with Gasteiger partial charge in [0.1, 0.15) is 12.6 Å². The zero-order valence-corrected chi connectivity index (χ0v) is 13.5. The number of methoxy groups -OCH3 is 1. The van der Waals surface area contributed by atoms with E-state index in [4.69, 9.17) is 14.1 Å². The summed E-state index contributed by atoms with van der Waals surface area (Å²) in [6, 6.07) is 4.81. The first-order valence-corrected chi connectivity index (χ1v) is 7.30. The Morgan fingerprint density at radius 1 is 1.29 bits per heavy atom. The highest BCUT2D eigenvalue weighted by molar-refractivity contribution is 6.68. The summed E-state index contributed by atoms with van der Waals surface area (Å²) in [4.78, 5) is 0. The zero-order chi connectivity index (χ0) is 15.7. The van der Waals surface area contributed by atoms with Crippen molar-refractivity contribution in [1.82, 2.24) is 0 Å². The van der Waals surface area contributed by atoms with Crippen LogP contribution in [0.25, 0.3) is 0 Å². The summed E-state index contributed by atoms with van der Waals surface area (Å²) >= 11 is 0. The predicted octanol–water partition coefficient (Wildman–Crippen LogP) is 2.98. The minimum absolute atomic E-state index is 0.0308. The highest BCUT2D eigenvalue weighted by Gasteiger charge is 2.50. The summed E-state index contributed by atoms with van der Waals surface area (Å²) in [5.41, 5.74) is 1.68. The molecule has 3 nitrogen and oxygen atoms in total. The lowest BCUT2D eigenvalue weighted by Gasteiger charge is -2.34. The molecule has 21 heavy (non-hydrogen) atoms. The van der Waals surface area contributed by atoms with E-state index in [1.54, 1.807) is 7.11 Å². The maximum absolute atomic E-state index is 13.5. The quantitative estimate of drug-likeness (QED) is 0.475. The van der Waals surface area contributed by atoms with Crippen LogP contribution in [0.2, 0.25) is 6.32 Å². The summed E-state index contributed by atoms with van der Waals surface area (Å²) in [6.07, 6.45) is 0.906. The van der Waals surface area contributed by atoms with E-state index in [0.29, 0.717) is 6.61 Å². The maximum atomic E-state index is 13.5. The van der Waals surface area contributed by atoms with Crippen molar-refractivity contribution in [3.63, 3.8) is 0 Å². The molecular formula is C16H24BFO3. The van der Waals surface area contributed by atoms with Gasteiger partial charge in [-0.15, -0.1) is 0 Å². The van der Waals surface area contributed by atoms with Gasteiger partial charge < -0.3 is 14.1 Å². The van der Waals surface area contributed by atoms with Crippen LogP contribution in [-0.2, 0) is 20.7 Å². The first kappa shape index (κ1) is 16.5. The summed E-state index contributed by atoms with van der Waals surface area (Å²) in [6.45, 7) is 9.11. The molecular weight excluding hydrogens is 270 g/mol. The van der Waals surface area contributed by atoms with Crippen LogP contribution >= 0.6 is 0 Å². The Morgan fingerprint density at radius 2 is 2.00 bits per heavy atom. The topological polar surface area (TPSA) is 27.7 Å². The number of hydrogen-bond donors (Lipinski definition) is 0. The van der Waals surface area contributed by atoms with Crippen LogP contribution in [0.1, 0.15) is 33.3 Å². The average Bonchev–Trinajstić information content (AvgIpc) is 2.58. The summed E-state index contributed by atoms with van der Waals surface area (Å²) in [5.74, 6) is -0.258. The molecule has 0 aliphatic carbocycles. The van der Waals surface area contributed by atoms with Gasteiger partial charge in [0, 0.05) is 7.11 Å². The van der Waals surface area contributed by atoms with Crippen LogP contribution in [0.4, 0.5) is 4.39 Å². The van der Waals surface area contributed by atoms with Crippen molar-refractivity contribution in [2.24, 2.45) is 5.41 Å². The van der Waals surface area contributed by atoms with E-state index in [1.165, 1.54) is 12.1 Å². The third kappa shape index (κ3) is 3.47. The molecule has 0 spiro atoms. The van der Waals surface area contributed by atoms with E-state index in [2.05, 4.69) is 27.7 Å². The molecule has 5 heteroatoms. The second kappa shape index (κ2) is 6.07. The van der Waals surface area contributed by atoms with Crippen molar-refractivity contribution >= 4 is 12.4 Å². The highest BCUT2D eigenvalue weighted by atomic mass is 19.1. The average molecular weight is 294 g/mol. The second-order valence-electron chi connectivity index (χ2n) is 6.80. The van der Waals surface area contributed by atoms with Gasteiger partial charge >= 0.3 is 6.92 Å². The lowest BCUT2D eigenvalue weighted by molar-refractivity contribution is -0.0389. The SMILES string of the molecule is COCOCc1cc(F)ccc1B1CC(C)(C)C(C)(C)O1. The molecule has 1 fully saturated rings. The lowest BCUT2D eigenvalue weighted by atomic mass is 9.53. The van der Waals surface area contributed by atoms with Crippen molar-refractivity contribution in [2.45, 2.75) is 46.2 Å². The van der Waals surface area contributed by atoms with Crippen molar-refractivity contribution in [1.29, 1.82) is 0 Å². The van der Waals surface area contributed by atoms with Gasteiger partial charge in [0.25, 0.3) is 0 Å². The molecule has 0 bridgehead atoms. The van der Waals surface area contributed by atoms with Crippen molar-refractivity contribution in [3.8, 4) is 0 Å². The van der Waals surface area contributed by atoms with E-state index in [-0.39, 0.29) is 30.5 Å². The van der Waals surface area contributed by atoms with Crippen molar-refractivity contribution in [2.75, 3.05) is 13.9 Å². The molecule has 116 valence electrons. The van der Waals surface area contributed by atoms with E-state index in [9.17, 15) is 4.39 Å². The molecule has 1 aliphatic heterocycles. The van der Waals surface area contributed by atoms with Gasteiger partial charge in [-0.25, -0.2) is 4.39 Å². The Morgan fingerprint density at radius 3 is 2.57 bits per heavy atom. The fraction of sp³-hybridized carbons (Fsp3) is 0.625. The van der Waals surface area contributed by atoms with Gasteiger partial charge in [-0.05, 0) is 48.7 Å². The third-order valence-corrected chi connectivity index (χ3v) is 4.67. The maximum Gasteiger partial charge on any atom is 0.328 e. The zero-order valence-electron chi connectivity index (χ0n) is 13.5. The van der Waals surface area contributed by atoms with Crippen LogP contribution in [-0.4, -0.2) is 26.4 Å². The Balaban J connectivity index is 2.24. The van der Waals surface area contributed by atoms with Gasteiger partial charge in [-0.1, -0.05) is 19.9 Å². The Hall–Kier alpha value is -0.905. The fourth-order valence-electron chi connectivity index (χ4n) is 2.69. The summed E-state index contributed by atoms with van der Waals surface area (Å²) in [5, 5.41) is 0. The molecule has 0 atom stereocenters. The molecule has 1 saturated heterocycles. The largest absolute Gasteiger partial charge is 0.426 e. The van der Waals surface area contributed by atoms with Crippen LogP contribution < -0.4 is 5.46 Å². The Bertz CT molecular complexity index is 486. The van der Waals surface area contributed by atoms with Gasteiger partial charge in [0.15, 0.2) is 0 Å². The molecule has 2 rings (SSSR count). The van der Waals surface area contributed by atoms with Crippen molar-refractivity contribution < 1.29 is 18.5 Å². The van der Waals surface area contributed by atoms with E-state index >= 15 is 0 Å². The van der Waals surface area contributed by atoms with Gasteiger partial charge in [-0.3, -0.25) is 0 Å². The molecule has 0 unspecified atom stereocenters. The molecule has 1 aromatic carbocycles. The van der Waals surface area contributed by atoms with Crippen LogP contribution in [0.3, 0.4) is 0 Å². The third-order valence-electron chi connectivity index (χ3n) is 4.67. The predicted molar refractivity (Wildman–Crippen MR) is 82.2 cm³/mol. The smallest absolute Gasteiger partial charge is 0.328 e. The number of halogens is 1. The van der Waals surface area contributed by atoms with Gasteiger partial charge in [0.2, 0.25) is 0 Å². The number of hydrogen-bond acceptors (Lipinski definition) is 3. The molecule has 0 amide bonds. The Labute approximate surface area is 126 Å². The fourth-order valence-corrected chi connectivity index (χ4v) is 2.69. The molecule has 1 heterocycles. The van der Waals surface area contributed by atoms with Gasteiger partial charge in [0.05, 0.1) is 12.2 Å². The summed E-state index contributed by atoms with van der Waals surface area (Å²) in [7, 11) is 1.57. The van der Waals surface area contributed by atoms with E-state index in [1.807, 2.05) is 6.07 Å². The van der Waals surface area contributed by atoms with Crippen LogP contribution in [0.15, 0.2) is 18.2 Å². The van der Waals surface area contributed by atoms with Crippen LogP contribution in [0, 0.1) is 11.2 Å². The molecule has 0 saturated carbocycles. The second-order valence-corrected chi connectivity index (χ2v) is 6.80. The molecule has 1 aromatic rings. The first-order chi connectivity index (χ1) is 9.77. The molecule has 1 aliphatic rings. The van der Waals surface area contributed by atoms with E-state index < -0.39 is 0 Å². The highest BCUT2D eigenvalue weighted by Crippen LogP contribution is 2.45. The summed E-state index contributed by atoms with van der Waals surface area (Å²) < 4.78 is 30.0. The number of ether oxygens (including phenoxy) is 2. The molecule has 0 aromatic heterocycles. The van der Waals surface area contributed by atoms with Crippen molar-refractivity contribution in [3.05, 3.63) is 29.6 Å². The lowest BCUT2D eigenvalue weighted by Crippen LogP contribution is -2.37. The first-order valence-electron chi connectivity index (χ1n) is 7.30.